The molecule has 0 aliphatic rings. The summed E-state index contributed by atoms with van der Waals surface area (Å²) in [6.07, 6.45) is 1.92. The maximum Gasteiger partial charge on any atom is 0.0726 e. The van der Waals surface area contributed by atoms with Crippen molar-refractivity contribution >= 4 is 0 Å². The van der Waals surface area contributed by atoms with Crippen molar-refractivity contribution in [3.8, 4) is 0 Å². The smallest absolute Gasteiger partial charge is 0.0726 e. The van der Waals surface area contributed by atoms with Gasteiger partial charge in [0.15, 0.2) is 0 Å². The van der Waals surface area contributed by atoms with E-state index in [1.807, 2.05) is 7.05 Å². The van der Waals surface area contributed by atoms with E-state index in [1.165, 1.54) is 0 Å². The third kappa shape index (κ3) is 3.11. The van der Waals surface area contributed by atoms with E-state index in [0.717, 1.165) is 12.8 Å². The van der Waals surface area contributed by atoms with Gasteiger partial charge in [0.05, 0.1) is 6.10 Å². The van der Waals surface area contributed by atoms with Crippen LogP contribution in [-0.4, -0.2) is 26.3 Å². The van der Waals surface area contributed by atoms with Gasteiger partial charge in [0.25, 0.3) is 0 Å². The molecule has 0 unspecified atom stereocenters. The van der Waals surface area contributed by atoms with E-state index in [0.29, 0.717) is 12.0 Å². The minimum atomic E-state index is 0.201. The highest BCUT2D eigenvalue weighted by Crippen LogP contribution is 2.14. The Morgan fingerprint density at radius 1 is 1.33 bits per heavy atom. The van der Waals surface area contributed by atoms with Crippen molar-refractivity contribution in [2.24, 2.45) is 5.92 Å². The monoisotopic (exact) mass is 171 g/mol. The van der Waals surface area contributed by atoms with Gasteiger partial charge in [-0.05, 0) is 25.8 Å². The lowest BCUT2D eigenvalue weighted by molar-refractivity contribution is 0.0549. The summed E-state index contributed by atoms with van der Waals surface area (Å²) in [6, 6.07) is 0.366. The second kappa shape index (κ2) is 6.44. The van der Waals surface area contributed by atoms with E-state index < -0.39 is 0 Å². The average Bonchev–Trinajstić information content (AvgIpc) is 2.12. The third-order valence-electron chi connectivity index (χ3n) is 2.39. The summed E-state index contributed by atoms with van der Waals surface area (Å²) in [6.45, 7) is 9.92. The first-order valence-electron chi connectivity index (χ1n) is 4.49. The largest absolute Gasteiger partial charge is 0.380 e. The molecule has 0 saturated carbocycles. The Morgan fingerprint density at radius 3 is 2.17 bits per heavy atom. The fourth-order valence-corrected chi connectivity index (χ4v) is 1.46. The Balaban J connectivity index is 4.09. The molecule has 0 aromatic carbocycles. The van der Waals surface area contributed by atoms with E-state index >= 15 is 0 Å². The van der Waals surface area contributed by atoms with E-state index in [4.69, 9.17) is 4.74 Å². The normalized spacial score (nSPS) is 18.8. The van der Waals surface area contributed by atoms with Crippen molar-refractivity contribution in [3.05, 3.63) is 13.8 Å². The predicted octanol–water partition coefficient (Wildman–Crippen LogP) is 1.67. The molecule has 0 amide bonds. The second-order valence-corrected chi connectivity index (χ2v) is 3.14. The molecule has 1 N–H and O–H groups in total. The fourth-order valence-electron chi connectivity index (χ4n) is 1.46. The molecule has 72 valence electrons. The van der Waals surface area contributed by atoms with E-state index in [9.17, 15) is 0 Å². The molecular weight excluding hydrogens is 150 g/mol. The van der Waals surface area contributed by atoms with Crippen LogP contribution in [0, 0.1) is 19.8 Å². The van der Waals surface area contributed by atoms with Crippen LogP contribution in [0.1, 0.15) is 19.8 Å². The Hall–Kier alpha value is -0.0800. The van der Waals surface area contributed by atoms with Crippen LogP contribution in [0.3, 0.4) is 0 Å². The lowest BCUT2D eigenvalue weighted by atomic mass is 9.93. The maximum absolute atomic E-state index is 5.32. The van der Waals surface area contributed by atoms with Crippen LogP contribution in [0.5, 0.6) is 0 Å². The summed E-state index contributed by atoms with van der Waals surface area (Å²) >= 11 is 0. The molecule has 0 aromatic heterocycles. The zero-order valence-electron chi connectivity index (χ0n) is 8.47. The van der Waals surface area contributed by atoms with Crippen LogP contribution in [0.25, 0.3) is 0 Å². The first-order chi connectivity index (χ1) is 5.71. The number of nitrogens with one attached hydrogen (secondary N) is 1. The molecule has 2 radical (unpaired) electrons. The Morgan fingerprint density at radius 2 is 1.92 bits per heavy atom. The quantitative estimate of drug-likeness (QED) is 0.656. The standard InChI is InChI=1S/C10H21NO/c1-6-8(3)10(11-4)9(7-2)12-5/h8-11H,1-2,6-7H2,3-5H3/t8-,9+,10-/m0/s1. The zero-order valence-corrected chi connectivity index (χ0v) is 8.47. The summed E-state index contributed by atoms with van der Waals surface area (Å²) < 4.78 is 5.32. The second-order valence-electron chi connectivity index (χ2n) is 3.14. The predicted molar refractivity (Wildman–Crippen MR) is 52.8 cm³/mol. The van der Waals surface area contributed by atoms with Crippen molar-refractivity contribution in [2.75, 3.05) is 14.2 Å². The maximum atomic E-state index is 5.32. The Labute approximate surface area is 76.7 Å². The highest BCUT2D eigenvalue weighted by atomic mass is 16.5. The molecule has 2 heteroatoms. The van der Waals surface area contributed by atoms with Gasteiger partial charge in [-0.2, -0.15) is 0 Å². The first-order valence-corrected chi connectivity index (χ1v) is 4.49. The summed E-state index contributed by atoms with van der Waals surface area (Å²) in [5, 5.41) is 3.25. The molecule has 0 heterocycles. The van der Waals surface area contributed by atoms with Crippen LogP contribution < -0.4 is 5.32 Å². The van der Waals surface area contributed by atoms with Gasteiger partial charge in [0.1, 0.15) is 0 Å². The molecule has 12 heavy (non-hydrogen) atoms. The van der Waals surface area contributed by atoms with Gasteiger partial charge in [0.2, 0.25) is 0 Å². The molecule has 0 aliphatic heterocycles. The number of likely N-dealkylation sites (N-methyl/N-ethyl adjacent to an activating group) is 1. The lowest BCUT2D eigenvalue weighted by Gasteiger charge is -2.29. The number of hydrogen-bond acceptors (Lipinski definition) is 2. The van der Waals surface area contributed by atoms with Gasteiger partial charge in [-0.25, -0.2) is 0 Å². The summed E-state index contributed by atoms with van der Waals surface area (Å²) in [7, 11) is 3.69. The fraction of sp³-hybridized carbons (Fsp3) is 0.800. The minimum absolute atomic E-state index is 0.201. The van der Waals surface area contributed by atoms with Crippen molar-refractivity contribution in [1.82, 2.24) is 5.32 Å². The van der Waals surface area contributed by atoms with Crippen LogP contribution in [0.15, 0.2) is 0 Å². The molecule has 3 atom stereocenters. The highest BCUT2D eigenvalue weighted by Gasteiger charge is 2.22. The molecule has 2 nitrogen and oxygen atoms in total. The lowest BCUT2D eigenvalue weighted by Crippen LogP contribution is -2.43. The molecule has 0 rings (SSSR count). The van der Waals surface area contributed by atoms with Crippen molar-refractivity contribution in [3.63, 3.8) is 0 Å². The van der Waals surface area contributed by atoms with Gasteiger partial charge in [-0.1, -0.05) is 20.8 Å². The molecular formula is C10H21NO. The highest BCUT2D eigenvalue weighted by molar-refractivity contribution is 4.81. The van der Waals surface area contributed by atoms with Gasteiger partial charge in [-0.3, -0.25) is 0 Å². The number of hydrogen-bond donors (Lipinski definition) is 1. The number of methoxy groups -OCH3 is 1. The SMILES string of the molecule is [CH2]C[C@H](C)[C@H](NC)[C@@H](C[CH2])OC. The molecule has 0 aliphatic carbocycles. The third-order valence-corrected chi connectivity index (χ3v) is 2.39. The van der Waals surface area contributed by atoms with Crippen LogP contribution >= 0.6 is 0 Å². The minimum Gasteiger partial charge on any atom is -0.380 e. The number of ether oxygens (including phenoxy) is 1. The summed E-state index contributed by atoms with van der Waals surface area (Å²) in [4.78, 5) is 0. The molecule has 0 aromatic rings. The number of rotatable bonds is 6. The van der Waals surface area contributed by atoms with Crippen molar-refractivity contribution < 1.29 is 4.74 Å². The summed E-state index contributed by atoms with van der Waals surface area (Å²) in [5.41, 5.74) is 0. The van der Waals surface area contributed by atoms with Crippen molar-refractivity contribution in [2.45, 2.75) is 31.9 Å². The van der Waals surface area contributed by atoms with Crippen LogP contribution in [0.2, 0.25) is 0 Å². The van der Waals surface area contributed by atoms with Crippen molar-refractivity contribution in [1.29, 1.82) is 0 Å². The van der Waals surface area contributed by atoms with Gasteiger partial charge in [-0.15, -0.1) is 0 Å². The first kappa shape index (κ1) is 11.9. The van der Waals surface area contributed by atoms with E-state index in [2.05, 4.69) is 26.1 Å². The molecule has 0 bridgehead atoms. The zero-order chi connectivity index (χ0) is 9.56. The molecule has 0 saturated heterocycles. The van der Waals surface area contributed by atoms with Crippen LogP contribution in [0.4, 0.5) is 0 Å². The molecule has 0 fully saturated rings. The molecule has 0 spiro atoms. The van der Waals surface area contributed by atoms with Crippen LogP contribution in [-0.2, 0) is 4.74 Å². The summed E-state index contributed by atoms with van der Waals surface area (Å²) in [5.74, 6) is 0.529. The van der Waals surface area contributed by atoms with Gasteiger partial charge in [0, 0.05) is 13.2 Å². The average molecular weight is 171 g/mol. The topological polar surface area (TPSA) is 21.3 Å². The van der Waals surface area contributed by atoms with Gasteiger partial charge < -0.3 is 10.1 Å². The van der Waals surface area contributed by atoms with E-state index in [1.54, 1.807) is 7.11 Å². The van der Waals surface area contributed by atoms with Gasteiger partial charge >= 0.3 is 0 Å². The Kier molecular flexibility index (Phi) is 6.39. The Bertz CT molecular complexity index is 102. The van der Waals surface area contributed by atoms with E-state index in [-0.39, 0.29) is 6.10 Å².